The molecule has 0 unspecified atom stereocenters. The smallest absolute Gasteiger partial charge is 0.370 e. The summed E-state index contributed by atoms with van der Waals surface area (Å²) >= 11 is 0. The number of hydrogen-bond donors (Lipinski definition) is 0. The Morgan fingerprint density at radius 3 is 1.50 bits per heavy atom. The Morgan fingerprint density at radius 2 is 1.08 bits per heavy atom. The summed E-state index contributed by atoms with van der Waals surface area (Å²) in [6.45, 7) is 12.2. The number of hydrogen-bond acceptors (Lipinski definition) is 3. The minimum Gasteiger partial charge on any atom is -0.370 e. The summed E-state index contributed by atoms with van der Waals surface area (Å²) in [7, 11) is -2.75. The summed E-state index contributed by atoms with van der Waals surface area (Å²) in [5, 5.41) is 0. The van der Waals surface area contributed by atoms with E-state index in [1.165, 1.54) is 0 Å². The van der Waals surface area contributed by atoms with Crippen molar-refractivity contribution in [2.45, 2.75) is 59.3 Å². The maximum absolute atomic E-state index is 6.13. The Morgan fingerprint density at radius 1 is 0.667 bits per heavy atom. The molecule has 0 aromatic carbocycles. The first-order chi connectivity index (χ1) is 11.7. The summed E-state index contributed by atoms with van der Waals surface area (Å²) in [6.07, 6.45) is 17.9. The lowest BCUT2D eigenvalue weighted by Crippen LogP contribution is -2.45. The first-order valence-electron chi connectivity index (χ1n) is 9.30. The summed E-state index contributed by atoms with van der Waals surface area (Å²) in [5.41, 5.74) is 2.01. The van der Waals surface area contributed by atoms with E-state index in [-0.39, 0.29) is 0 Å². The number of rotatable bonds is 16. The normalized spacial score (nSPS) is 12.8. The SMILES string of the molecule is C=CC=CC=CC=C[Si](OCCCC)(OCCCC)OCCCC. The molecule has 0 aliphatic heterocycles. The zero-order chi connectivity index (χ0) is 17.9. The third kappa shape index (κ3) is 12.5. The van der Waals surface area contributed by atoms with Crippen LogP contribution in [0, 0.1) is 0 Å². The molecular weight excluding hydrogens is 316 g/mol. The van der Waals surface area contributed by atoms with E-state index in [0.29, 0.717) is 19.8 Å². The molecular formula is C20H36O3Si. The summed E-state index contributed by atoms with van der Waals surface area (Å²) in [6, 6.07) is 0. The molecule has 0 aromatic heterocycles. The molecule has 24 heavy (non-hydrogen) atoms. The van der Waals surface area contributed by atoms with Gasteiger partial charge in [-0.15, -0.1) is 0 Å². The van der Waals surface area contributed by atoms with E-state index in [9.17, 15) is 0 Å². The van der Waals surface area contributed by atoms with Gasteiger partial charge in [-0.3, -0.25) is 0 Å². The standard InChI is InChI=1S/C20H36O3Si/c1-5-9-13-14-15-16-20-24(21-17-10-6-2,22-18-11-7-3)23-19-12-8-4/h5,9,13-16,20H,1,6-8,10-12,17-19H2,2-4H3. The third-order valence-electron chi connectivity index (χ3n) is 3.28. The predicted octanol–water partition coefficient (Wildman–Crippen LogP) is 5.77. The second-order valence-electron chi connectivity index (χ2n) is 5.57. The topological polar surface area (TPSA) is 27.7 Å². The van der Waals surface area contributed by atoms with Crippen LogP contribution in [0.25, 0.3) is 0 Å². The van der Waals surface area contributed by atoms with E-state index in [2.05, 4.69) is 27.4 Å². The number of allylic oxidation sites excluding steroid dienone is 6. The molecule has 0 bridgehead atoms. The van der Waals surface area contributed by atoms with Gasteiger partial charge in [-0.1, -0.05) is 83.1 Å². The zero-order valence-electron chi connectivity index (χ0n) is 15.8. The fourth-order valence-electron chi connectivity index (χ4n) is 1.79. The highest BCUT2D eigenvalue weighted by Crippen LogP contribution is 2.15. The lowest BCUT2D eigenvalue weighted by Gasteiger charge is -2.27. The van der Waals surface area contributed by atoms with Gasteiger partial charge in [-0.2, -0.15) is 0 Å². The fraction of sp³-hybridized carbons (Fsp3) is 0.600. The average molecular weight is 353 g/mol. The minimum absolute atomic E-state index is 0.686. The molecule has 3 nitrogen and oxygen atoms in total. The van der Waals surface area contributed by atoms with Gasteiger partial charge >= 0.3 is 8.80 Å². The first kappa shape index (κ1) is 23.1. The van der Waals surface area contributed by atoms with Crippen LogP contribution in [0.2, 0.25) is 0 Å². The highest BCUT2D eigenvalue weighted by Gasteiger charge is 2.38. The van der Waals surface area contributed by atoms with Crippen LogP contribution in [0.15, 0.2) is 48.7 Å². The molecule has 4 heteroatoms. The summed E-state index contributed by atoms with van der Waals surface area (Å²) < 4.78 is 18.4. The van der Waals surface area contributed by atoms with Gasteiger partial charge in [-0.05, 0) is 25.0 Å². The van der Waals surface area contributed by atoms with Crippen molar-refractivity contribution in [2.24, 2.45) is 0 Å². The monoisotopic (exact) mass is 352 g/mol. The molecule has 138 valence electrons. The second kappa shape index (κ2) is 16.9. The molecule has 0 N–H and O–H groups in total. The number of unbranched alkanes of at least 4 members (excludes halogenated alkanes) is 3. The van der Waals surface area contributed by atoms with Gasteiger partial charge in [0.25, 0.3) is 0 Å². The highest BCUT2D eigenvalue weighted by atomic mass is 28.4. The van der Waals surface area contributed by atoms with Crippen LogP contribution in [0.1, 0.15) is 59.3 Å². The van der Waals surface area contributed by atoms with Crippen LogP contribution in [-0.2, 0) is 13.3 Å². The summed E-state index contributed by atoms with van der Waals surface area (Å²) in [5.74, 6) is 0. The van der Waals surface area contributed by atoms with Gasteiger partial charge in [0.2, 0.25) is 0 Å². The molecule has 0 saturated heterocycles. The van der Waals surface area contributed by atoms with E-state index in [0.717, 1.165) is 38.5 Å². The molecule has 0 aliphatic rings. The van der Waals surface area contributed by atoms with Crippen molar-refractivity contribution in [3.05, 3.63) is 48.7 Å². The van der Waals surface area contributed by atoms with Crippen molar-refractivity contribution < 1.29 is 13.3 Å². The highest BCUT2D eigenvalue weighted by molar-refractivity contribution is 6.66. The molecule has 0 aromatic rings. The van der Waals surface area contributed by atoms with Gasteiger partial charge in [0, 0.05) is 19.8 Å². The first-order valence-corrected chi connectivity index (χ1v) is 11.1. The largest absolute Gasteiger partial charge is 0.529 e. The lowest BCUT2D eigenvalue weighted by molar-refractivity contribution is 0.0685. The maximum Gasteiger partial charge on any atom is 0.529 e. The zero-order valence-corrected chi connectivity index (χ0v) is 16.8. The predicted molar refractivity (Wildman–Crippen MR) is 106 cm³/mol. The van der Waals surface area contributed by atoms with Crippen LogP contribution in [-0.4, -0.2) is 28.6 Å². The Kier molecular flexibility index (Phi) is 16.2. The third-order valence-corrected chi connectivity index (χ3v) is 5.70. The van der Waals surface area contributed by atoms with Crippen molar-refractivity contribution in [3.8, 4) is 0 Å². The quantitative estimate of drug-likeness (QED) is 0.200. The van der Waals surface area contributed by atoms with Crippen molar-refractivity contribution in [3.63, 3.8) is 0 Å². The molecule has 0 saturated carbocycles. The molecule has 0 heterocycles. The molecule has 0 fully saturated rings. The van der Waals surface area contributed by atoms with Gasteiger partial charge in [0.1, 0.15) is 0 Å². The Labute approximate surface area is 150 Å². The van der Waals surface area contributed by atoms with E-state index in [1.54, 1.807) is 6.08 Å². The van der Waals surface area contributed by atoms with E-state index < -0.39 is 8.80 Å². The Balaban J connectivity index is 4.95. The van der Waals surface area contributed by atoms with Gasteiger partial charge in [-0.25, -0.2) is 0 Å². The molecule has 0 spiro atoms. The fourth-order valence-corrected chi connectivity index (χ4v) is 3.96. The van der Waals surface area contributed by atoms with E-state index >= 15 is 0 Å². The van der Waals surface area contributed by atoms with Crippen molar-refractivity contribution in [1.29, 1.82) is 0 Å². The minimum atomic E-state index is -2.75. The van der Waals surface area contributed by atoms with Crippen LogP contribution < -0.4 is 0 Å². The van der Waals surface area contributed by atoms with E-state index in [1.807, 2.05) is 36.1 Å². The van der Waals surface area contributed by atoms with E-state index in [4.69, 9.17) is 13.3 Å². The molecule has 0 aliphatic carbocycles. The molecule has 0 radical (unpaired) electrons. The van der Waals surface area contributed by atoms with Crippen molar-refractivity contribution in [1.82, 2.24) is 0 Å². The van der Waals surface area contributed by atoms with Gasteiger partial charge < -0.3 is 13.3 Å². The molecule has 0 amide bonds. The van der Waals surface area contributed by atoms with Crippen LogP contribution >= 0.6 is 0 Å². The van der Waals surface area contributed by atoms with Crippen molar-refractivity contribution in [2.75, 3.05) is 19.8 Å². The molecule has 0 rings (SSSR count). The van der Waals surface area contributed by atoms with Gasteiger partial charge in [0.05, 0.1) is 0 Å². The summed E-state index contributed by atoms with van der Waals surface area (Å²) in [4.78, 5) is 0. The Bertz CT molecular complexity index is 349. The lowest BCUT2D eigenvalue weighted by atomic mass is 10.4. The molecule has 0 atom stereocenters. The average Bonchev–Trinajstić information content (AvgIpc) is 2.58. The van der Waals surface area contributed by atoms with Crippen LogP contribution in [0.4, 0.5) is 0 Å². The van der Waals surface area contributed by atoms with Crippen LogP contribution in [0.5, 0.6) is 0 Å². The van der Waals surface area contributed by atoms with Crippen molar-refractivity contribution >= 4 is 8.80 Å². The maximum atomic E-state index is 6.13. The van der Waals surface area contributed by atoms with Gasteiger partial charge in [0.15, 0.2) is 0 Å². The van der Waals surface area contributed by atoms with Crippen LogP contribution in [0.3, 0.4) is 0 Å². The Hall–Kier alpha value is -0.943. The second-order valence-corrected chi connectivity index (χ2v) is 7.98.